The molecule has 6 nitrogen and oxygen atoms in total. The lowest BCUT2D eigenvalue weighted by atomic mass is 9.63. The molecule has 3 atom stereocenters. The minimum Gasteiger partial charge on any atom is -0.466 e. The maximum Gasteiger partial charge on any atom is 0.308 e. The van der Waals surface area contributed by atoms with Crippen LogP contribution in [0.1, 0.15) is 70.4 Å². The zero-order valence-corrected chi connectivity index (χ0v) is 21.4. The Morgan fingerprint density at radius 2 is 1.88 bits per heavy atom. The molecular formula is C27H37NO5S. The van der Waals surface area contributed by atoms with Gasteiger partial charge in [-0.1, -0.05) is 50.3 Å². The molecule has 1 saturated heterocycles. The van der Waals surface area contributed by atoms with E-state index >= 15 is 0 Å². The summed E-state index contributed by atoms with van der Waals surface area (Å²) in [6.07, 6.45) is 7.75. The molecule has 1 spiro atoms. The standard InChI is InChI=1S/C27H37NO5S/c1-4-33-23(29)18-27(30)17-21-10-12-26(27,24(21,2)3)19-34(31,32)28-15-13-25(14-16-28)11-9-20-7-5-6-8-22(20)25/h5-9,11,21,30H,4,10,12-19H2,1-3H3/t21-,26+,27-/m1/s1. The van der Waals surface area contributed by atoms with Gasteiger partial charge in [0, 0.05) is 23.9 Å². The summed E-state index contributed by atoms with van der Waals surface area (Å²) < 4.78 is 34.5. The summed E-state index contributed by atoms with van der Waals surface area (Å²) in [6, 6.07) is 8.37. The highest BCUT2D eigenvalue weighted by Crippen LogP contribution is 2.71. The molecule has 1 aromatic rings. The molecule has 0 aromatic heterocycles. The molecule has 2 bridgehead atoms. The van der Waals surface area contributed by atoms with E-state index in [2.05, 4.69) is 44.2 Å². The molecule has 4 aliphatic rings. The lowest BCUT2D eigenvalue weighted by Gasteiger charge is -2.48. The Kier molecular flexibility index (Phi) is 5.58. The van der Waals surface area contributed by atoms with Crippen molar-refractivity contribution in [3.63, 3.8) is 0 Å². The van der Waals surface area contributed by atoms with Gasteiger partial charge in [0.2, 0.25) is 10.0 Å². The van der Waals surface area contributed by atoms with Gasteiger partial charge in [0.1, 0.15) is 0 Å². The number of piperidine rings is 1. The lowest BCUT2D eigenvalue weighted by Crippen LogP contribution is -2.57. The Bertz CT molecular complexity index is 1120. The van der Waals surface area contributed by atoms with Gasteiger partial charge in [-0.05, 0) is 61.5 Å². The number of carbonyl (C=O) groups excluding carboxylic acids is 1. The SMILES string of the molecule is CCOC(=O)C[C@]1(O)C[C@H]2CC[C@]1(CS(=O)(=O)N1CCC3(C=Cc4ccccc43)CC1)C2(C)C. The van der Waals surface area contributed by atoms with Crippen LogP contribution < -0.4 is 0 Å². The van der Waals surface area contributed by atoms with Crippen molar-refractivity contribution in [3.05, 3.63) is 41.5 Å². The van der Waals surface area contributed by atoms with E-state index in [1.54, 1.807) is 11.2 Å². The van der Waals surface area contributed by atoms with Gasteiger partial charge in [-0.15, -0.1) is 0 Å². The molecule has 0 radical (unpaired) electrons. The third-order valence-electron chi connectivity index (χ3n) is 9.91. The van der Waals surface area contributed by atoms with Crippen molar-refractivity contribution >= 4 is 22.1 Å². The molecule has 1 aliphatic heterocycles. The molecule has 1 heterocycles. The van der Waals surface area contributed by atoms with Crippen molar-refractivity contribution in [2.45, 2.75) is 70.3 Å². The Morgan fingerprint density at radius 1 is 1.18 bits per heavy atom. The van der Waals surface area contributed by atoms with Crippen molar-refractivity contribution in [2.24, 2.45) is 16.7 Å². The Morgan fingerprint density at radius 3 is 2.56 bits per heavy atom. The van der Waals surface area contributed by atoms with Crippen LogP contribution in [-0.4, -0.2) is 54.8 Å². The molecule has 3 aliphatic carbocycles. The van der Waals surface area contributed by atoms with Gasteiger partial charge in [-0.25, -0.2) is 12.7 Å². The van der Waals surface area contributed by atoms with Crippen molar-refractivity contribution in [2.75, 3.05) is 25.4 Å². The maximum absolute atomic E-state index is 13.8. The van der Waals surface area contributed by atoms with Crippen LogP contribution in [0.25, 0.3) is 6.08 Å². The van der Waals surface area contributed by atoms with Crippen molar-refractivity contribution in [1.29, 1.82) is 0 Å². The van der Waals surface area contributed by atoms with E-state index < -0.39 is 27.0 Å². The number of esters is 1. The van der Waals surface area contributed by atoms with E-state index in [1.807, 2.05) is 6.07 Å². The predicted octanol–water partition coefficient (Wildman–Crippen LogP) is 3.89. The number of fused-ring (bicyclic) bond motifs is 4. The molecular weight excluding hydrogens is 450 g/mol. The van der Waals surface area contributed by atoms with Crippen LogP contribution >= 0.6 is 0 Å². The first-order valence-corrected chi connectivity index (χ1v) is 14.2. The number of sulfonamides is 1. The first-order chi connectivity index (χ1) is 16.0. The van der Waals surface area contributed by atoms with Gasteiger partial charge >= 0.3 is 5.97 Å². The summed E-state index contributed by atoms with van der Waals surface area (Å²) >= 11 is 0. The number of aliphatic hydroxyl groups is 1. The summed E-state index contributed by atoms with van der Waals surface area (Å²) in [5.41, 5.74) is -0.146. The number of allylic oxidation sites excluding steroid dienone is 1. The number of hydrogen-bond acceptors (Lipinski definition) is 5. The number of rotatable bonds is 6. The molecule has 5 rings (SSSR count). The fourth-order valence-electron chi connectivity index (χ4n) is 7.81. The van der Waals surface area contributed by atoms with E-state index in [-0.39, 0.29) is 35.5 Å². The maximum atomic E-state index is 13.8. The van der Waals surface area contributed by atoms with Crippen LogP contribution in [0.15, 0.2) is 30.3 Å². The summed E-state index contributed by atoms with van der Waals surface area (Å²) in [7, 11) is -3.63. The van der Waals surface area contributed by atoms with Crippen LogP contribution in [0.5, 0.6) is 0 Å². The van der Waals surface area contributed by atoms with Crippen molar-refractivity contribution in [3.8, 4) is 0 Å². The van der Waals surface area contributed by atoms with Gasteiger partial charge in [-0.2, -0.15) is 0 Å². The van der Waals surface area contributed by atoms with E-state index in [4.69, 9.17) is 4.74 Å². The van der Waals surface area contributed by atoms with Crippen molar-refractivity contribution < 1.29 is 23.1 Å². The number of carbonyl (C=O) groups is 1. The highest BCUT2D eigenvalue weighted by atomic mass is 32.2. The van der Waals surface area contributed by atoms with Crippen LogP contribution in [-0.2, 0) is 25.0 Å². The van der Waals surface area contributed by atoms with E-state index in [0.29, 0.717) is 25.9 Å². The topological polar surface area (TPSA) is 83.9 Å². The zero-order valence-electron chi connectivity index (χ0n) is 20.5. The largest absolute Gasteiger partial charge is 0.466 e. The Labute approximate surface area is 203 Å². The van der Waals surface area contributed by atoms with E-state index in [1.165, 1.54) is 11.1 Å². The number of nitrogens with zero attached hydrogens (tertiary/aromatic N) is 1. The first-order valence-electron chi connectivity index (χ1n) is 12.6. The average molecular weight is 488 g/mol. The van der Waals surface area contributed by atoms with Gasteiger partial charge < -0.3 is 9.84 Å². The van der Waals surface area contributed by atoms with E-state index in [0.717, 1.165) is 19.3 Å². The Hall–Kier alpha value is -1.70. The molecule has 0 amide bonds. The van der Waals surface area contributed by atoms with Gasteiger partial charge in [0.05, 0.1) is 24.4 Å². The predicted molar refractivity (Wildman–Crippen MR) is 132 cm³/mol. The van der Waals surface area contributed by atoms with Gasteiger partial charge in [0.15, 0.2) is 0 Å². The molecule has 7 heteroatoms. The average Bonchev–Trinajstić information content (AvgIpc) is 3.30. The summed E-state index contributed by atoms with van der Waals surface area (Å²) in [4.78, 5) is 12.4. The monoisotopic (exact) mass is 487 g/mol. The summed E-state index contributed by atoms with van der Waals surface area (Å²) in [6.45, 7) is 7.09. The summed E-state index contributed by atoms with van der Waals surface area (Å²) in [5, 5.41) is 11.8. The molecule has 1 N–H and O–H groups in total. The second-order valence-corrected chi connectivity index (χ2v) is 13.5. The molecule has 1 aromatic carbocycles. The highest BCUT2D eigenvalue weighted by Gasteiger charge is 2.72. The lowest BCUT2D eigenvalue weighted by molar-refractivity contribution is -0.157. The molecule has 3 fully saturated rings. The quantitative estimate of drug-likeness (QED) is 0.616. The third kappa shape index (κ3) is 3.34. The van der Waals surface area contributed by atoms with Crippen LogP contribution in [0.4, 0.5) is 0 Å². The Balaban J connectivity index is 1.38. The zero-order chi connectivity index (χ0) is 24.4. The highest BCUT2D eigenvalue weighted by molar-refractivity contribution is 7.89. The normalized spacial score (nSPS) is 33.4. The first kappa shape index (κ1) is 24.0. The summed E-state index contributed by atoms with van der Waals surface area (Å²) in [5.74, 6) is -0.359. The van der Waals surface area contributed by atoms with Gasteiger partial charge in [-0.3, -0.25) is 4.79 Å². The van der Waals surface area contributed by atoms with E-state index in [9.17, 15) is 18.3 Å². The minimum atomic E-state index is -3.63. The number of ether oxygens (including phenoxy) is 1. The number of benzene rings is 1. The molecule has 0 unspecified atom stereocenters. The number of hydrogen-bond donors (Lipinski definition) is 1. The molecule has 34 heavy (non-hydrogen) atoms. The second kappa shape index (κ2) is 7.90. The smallest absolute Gasteiger partial charge is 0.308 e. The van der Waals surface area contributed by atoms with Crippen LogP contribution in [0, 0.1) is 16.7 Å². The van der Waals surface area contributed by atoms with Crippen LogP contribution in [0.2, 0.25) is 0 Å². The fraction of sp³-hybridized carbons (Fsp3) is 0.667. The second-order valence-electron chi connectivity index (χ2n) is 11.5. The van der Waals surface area contributed by atoms with Gasteiger partial charge in [0.25, 0.3) is 0 Å². The van der Waals surface area contributed by atoms with Crippen LogP contribution in [0.3, 0.4) is 0 Å². The molecule has 2 saturated carbocycles. The van der Waals surface area contributed by atoms with Crippen molar-refractivity contribution in [1.82, 2.24) is 4.31 Å². The fourth-order valence-corrected chi connectivity index (χ4v) is 10.1. The third-order valence-corrected chi connectivity index (χ3v) is 11.9. The minimum absolute atomic E-state index is 0.0867. The molecule has 186 valence electrons.